The summed E-state index contributed by atoms with van der Waals surface area (Å²) in [7, 11) is -2.20. The number of benzene rings is 1. The minimum absolute atomic E-state index is 0.0406. The van der Waals surface area contributed by atoms with Crippen molar-refractivity contribution in [2.45, 2.75) is 31.2 Å². The van der Waals surface area contributed by atoms with Gasteiger partial charge in [-0.1, -0.05) is 13.8 Å². The van der Waals surface area contributed by atoms with Crippen LogP contribution < -0.4 is 10.0 Å². The molecule has 0 radical (unpaired) electrons. The van der Waals surface area contributed by atoms with E-state index >= 15 is 0 Å². The molecular formula is C16H24N2O6S. The van der Waals surface area contributed by atoms with Gasteiger partial charge in [0.15, 0.2) is 0 Å². The predicted molar refractivity (Wildman–Crippen MR) is 91.9 cm³/mol. The third-order valence-electron chi connectivity index (χ3n) is 3.32. The van der Waals surface area contributed by atoms with Crippen LogP contribution in [-0.2, 0) is 19.6 Å². The van der Waals surface area contributed by atoms with Crippen LogP contribution >= 0.6 is 0 Å². The van der Waals surface area contributed by atoms with Crippen molar-refractivity contribution in [1.82, 2.24) is 10.0 Å². The molecule has 25 heavy (non-hydrogen) atoms. The Balaban J connectivity index is 2.81. The number of carboxylic acids is 1. The zero-order chi connectivity index (χ0) is 19.0. The average molecular weight is 372 g/mol. The first kappa shape index (κ1) is 21.1. The van der Waals surface area contributed by atoms with E-state index in [1.165, 1.54) is 31.4 Å². The van der Waals surface area contributed by atoms with E-state index in [0.717, 1.165) is 0 Å². The fraction of sp³-hybridized carbons (Fsp3) is 0.500. The molecule has 1 atom stereocenters. The van der Waals surface area contributed by atoms with Crippen LogP contribution in [0.3, 0.4) is 0 Å². The van der Waals surface area contributed by atoms with Crippen molar-refractivity contribution in [2.24, 2.45) is 5.92 Å². The van der Waals surface area contributed by atoms with Gasteiger partial charge in [-0.3, -0.25) is 4.79 Å². The van der Waals surface area contributed by atoms with Crippen LogP contribution in [0, 0.1) is 5.92 Å². The molecule has 9 heteroatoms. The van der Waals surface area contributed by atoms with E-state index in [0.29, 0.717) is 6.54 Å². The minimum Gasteiger partial charge on any atom is -0.480 e. The van der Waals surface area contributed by atoms with Gasteiger partial charge in [0.1, 0.15) is 6.04 Å². The molecule has 1 unspecified atom stereocenters. The second-order valence-electron chi connectivity index (χ2n) is 5.92. The fourth-order valence-corrected chi connectivity index (χ4v) is 3.09. The number of hydrogen-bond donors (Lipinski definition) is 3. The lowest BCUT2D eigenvalue weighted by Crippen LogP contribution is -2.41. The van der Waals surface area contributed by atoms with Gasteiger partial charge in [0.05, 0.1) is 4.90 Å². The second-order valence-corrected chi connectivity index (χ2v) is 7.68. The number of methoxy groups -OCH3 is 1. The Kier molecular flexibility index (Phi) is 8.01. The molecule has 8 nitrogen and oxygen atoms in total. The molecule has 1 aromatic rings. The smallest absolute Gasteiger partial charge is 0.326 e. The quantitative estimate of drug-likeness (QED) is 0.559. The van der Waals surface area contributed by atoms with Crippen molar-refractivity contribution in [3.8, 4) is 0 Å². The molecule has 0 bridgehead atoms. The predicted octanol–water partition coefficient (Wildman–Crippen LogP) is 0.840. The van der Waals surface area contributed by atoms with Crippen LogP contribution in [0.1, 0.15) is 30.6 Å². The number of rotatable bonds is 10. The SMILES string of the molecule is COCCC(NC(=O)c1ccc(S(=O)(=O)NCC(C)C)cc1)C(=O)O. The van der Waals surface area contributed by atoms with Crippen molar-refractivity contribution in [3.05, 3.63) is 29.8 Å². The summed E-state index contributed by atoms with van der Waals surface area (Å²) < 4.78 is 31.5. The number of hydrogen-bond acceptors (Lipinski definition) is 5. The van der Waals surface area contributed by atoms with Crippen molar-refractivity contribution < 1.29 is 27.9 Å². The zero-order valence-electron chi connectivity index (χ0n) is 14.5. The normalized spacial score (nSPS) is 12.8. The molecule has 0 saturated heterocycles. The fourth-order valence-electron chi connectivity index (χ4n) is 1.88. The molecule has 0 heterocycles. The maximum Gasteiger partial charge on any atom is 0.326 e. The first-order valence-corrected chi connectivity index (χ1v) is 9.28. The molecule has 0 aromatic heterocycles. The van der Waals surface area contributed by atoms with Gasteiger partial charge in [-0.25, -0.2) is 17.9 Å². The number of nitrogens with one attached hydrogen (secondary N) is 2. The van der Waals surface area contributed by atoms with E-state index in [1.54, 1.807) is 0 Å². The first-order valence-electron chi connectivity index (χ1n) is 7.79. The number of carbonyl (C=O) groups excluding carboxylic acids is 1. The molecule has 1 aromatic carbocycles. The van der Waals surface area contributed by atoms with E-state index in [2.05, 4.69) is 10.0 Å². The summed E-state index contributed by atoms with van der Waals surface area (Å²) in [5.74, 6) is -1.59. The van der Waals surface area contributed by atoms with E-state index in [9.17, 15) is 18.0 Å². The molecular weight excluding hydrogens is 348 g/mol. The number of ether oxygens (including phenoxy) is 1. The van der Waals surface area contributed by atoms with Crippen LogP contribution in [0.2, 0.25) is 0 Å². The number of aliphatic carboxylic acids is 1. The van der Waals surface area contributed by atoms with Crippen molar-refractivity contribution in [1.29, 1.82) is 0 Å². The standard InChI is InChI=1S/C16H24N2O6S/c1-11(2)10-17-25(22,23)13-6-4-12(5-7-13)15(19)18-14(16(20)21)8-9-24-3/h4-7,11,14,17H,8-10H2,1-3H3,(H,18,19)(H,20,21). The van der Waals surface area contributed by atoms with Crippen LogP contribution in [-0.4, -0.2) is 51.7 Å². The lowest BCUT2D eigenvalue weighted by molar-refractivity contribution is -0.139. The van der Waals surface area contributed by atoms with Crippen molar-refractivity contribution in [2.75, 3.05) is 20.3 Å². The van der Waals surface area contributed by atoms with Crippen LogP contribution in [0.4, 0.5) is 0 Å². The highest BCUT2D eigenvalue weighted by Crippen LogP contribution is 2.11. The van der Waals surface area contributed by atoms with Crippen LogP contribution in [0.25, 0.3) is 0 Å². The third-order valence-corrected chi connectivity index (χ3v) is 4.76. The van der Waals surface area contributed by atoms with E-state index in [1.807, 2.05) is 13.8 Å². The topological polar surface area (TPSA) is 122 Å². The zero-order valence-corrected chi connectivity index (χ0v) is 15.3. The van der Waals surface area contributed by atoms with Gasteiger partial charge >= 0.3 is 5.97 Å². The molecule has 0 aliphatic rings. The van der Waals surface area contributed by atoms with Gasteiger partial charge in [0.25, 0.3) is 5.91 Å². The summed E-state index contributed by atoms with van der Waals surface area (Å²) in [6, 6.07) is 4.22. The van der Waals surface area contributed by atoms with Crippen LogP contribution in [0.15, 0.2) is 29.2 Å². The van der Waals surface area contributed by atoms with Gasteiger partial charge < -0.3 is 15.2 Å². The Morgan fingerprint density at radius 1 is 1.20 bits per heavy atom. The van der Waals surface area contributed by atoms with E-state index in [-0.39, 0.29) is 29.4 Å². The number of carbonyl (C=O) groups is 2. The second kappa shape index (κ2) is 9.50. The molecule has 1 amide bonds. The van der Waals surface area contributed by atoms with Gasteiger partial charge in [0, 0.05) is 32.2 Å². The summed E-state index contributed by atoms with van der Waals surface area (Å²) >= 11 is 0. The maximum absolute atomic E-state index is 12.1. The maximum atomic E-state index is 12.1. The Hall–Kier alpha value is -1.97. The molecule has 3 N–H and O–H groups in total. The highest BCUT2D eigenvalue weighted by Gasteiger charge is 2.21. The summed E-state index contributed by atoms with van der Waals surface area (Å²) in [6.45, 7) is 4.27. The van der Waals surface area contributed by atoms with Crippen molar-refractivity contribution >= 4 is 21.9 Å². The number of amides is 1. The Labute approximate surface area is 147 Å². The molecule has 0 aliphatic heterocycles. The number of sulfonamides is 1. The third kappa shape index (κ3) is 6.81. The highest BCUT2D eigenvalue weighted by molar-refractivity contribution is 7.89. The lowest BCUT2D eigenvalue weighted by atomic mass is 10.1. The molecule has 0 aliphatic carbocycles. The Morgan fingerprint density at radius 3 is 2.28 bits per heavy atom. The summed E-state index contributed by atoms with van der Waals surface area (Å²) in [5, 5.41) is 11.5. The van der Waals surface area contributed by atoms with Crippen molar-refractivity contribution in [3.63, 3.8) is 0 Å². The average Bonchev–Trinajstić information content (AvgIpc) is 2.56. The van der Waals surface area contributed by atoms with Gasteiger partial charge in [-0.15, -0.1) is 0 Å². The molecule has 0 fully saturated rings. The summed E-state index contributed by atoms with van der Waals surface area (Å²) in [6.07, 6.45) is 0.128. The van der Waals surface area contributed by atoms with Gasteiger partial charge in [-0.05, 0) is 30.2 Å². The monoisotopic (exact) mass is 372 g/mol. The first-order chi connectivity index (χ1) is 11.7. The molecule has 140 valence electrons. The largest absolute Gasteiger partial charge is 0.480 e. The lowest BCUT2D eigenvalue weighted by Gasteiger charge is -2.14. The summed E-state index contributed by atoms with van der Waals surface area (Å²) in [5.41, 5.74) is 0.173. The Morgan fingerprint density at radius 2 is 1.80 bits per heavy atom. The molecule has 0 spiro atoms. The van der Waals surface area contributed by atoms with Gasteiger partial charge in [-0.2, -0.15) is 0 Å². The minimum atomic E-state index is -3.64. The highest BCUT2D eigenvalue weighted by atomic mass is 32.2. The van der Waals surface area contributed by atoms with Crippen LogP contribution in [0.5, 0.6) is 0 Å². The number of carboxylic acid groups (broad SMARTS) is 1. The van der Waals surface area contributed by atoms with E-state index < -0.39 is 27.9 Å². The van der Waals surface area contributed by atoms with Gasteiger partial charge in [0.2, 0.25) is 10.0 Å². The Bertz CT molecular complexity index is 685. The molecule has 1 rings (SSSR count). The van der Waals surface area contributed by atoms with E-state index in [4.69, 9.17) is 9.84 Å². The summed E-state index contributed by atoms with van der Waals surface area (Å²) in [4.78, 5) is 23.3. The molecule has 0 saturated carbocycles.